The molecule has 3 rings (SSSR count). The van der Waals surface area contributed by atoms with Crippen molar-refractivity contribution in [3.63, 3.8) is 0 Å². The fraction of sp³-hybridized carbons (Fsp3) is 0.0667. The number of aromatic amines is 1. The number of amides is 1. The van der Waals surface area contributed by atoms with E-state index >= 15 is 0 Å². The van der Waals surface area contributed by atoms with E-state index in [9.17, 15) is 4.79 Å². The summed E-state index contributed by atoms with van der Waals surface area (Å²) in [5.74, 6) is 0.542. The smallest absolute Gasteiger partial charge is 0.251 e. The summed E-state index contributed by atoms with van der Waals surface area (Å²) in [5.41, 5.74) is 2.30. The van der Waals surface area contributed by atoms with E-state index in [1.165, 1.54) is 6.33 Å². The number of carbonyl (C=O) groups excluding carboxylic acids is 1. The summed E-state index contributed by atoms with van der Waals surface area (Å²) in [4.78, 5) is 20.3. The zero-order valence-electron chi connectivity index (χ0n) is 11.2. The Bertz CT molecular complexity index is 708. The third kappa shape index (κ3) is 3.11. The third-order valence-electron chi connectivity index (χ3n) is 2.99. The van der Waals surface area contributed by atoms with Gasteiger partial charge < -0.3 is 5.32 Å². The van der Waals surface area contributed by atoms with E-state index in [1.807, 2.05) is 30.3 Å². The van der Waals surface area contributed by atoms with E-state index < -0.39 is 0 Å². The lowest BCUT2D eigenvalue weighted by molar-refractivity contribution is 0.0950. The van der Waals surface area contributed by atoms with Crippen LogP contribution in [0.25, 0.3) is 11.4 Å². The average Bonchev–Trinajstić information content (AvgIpc) is 3.08. The lowest BCUT2D eigenvalue weighted by Gasteiger charge is -2.05. The fourth-order valence-corrected chi connectivity index (χ4v) is 1.90. The van der Waals surface area contributed by atoms with Crippen molar-refractivity contribution in [2.45, 2.75) is 6.54 Å². The minimum atomic E-state index is -0.134. The van der Waals surface area contributed by atoms with Crippen LogP contribution >= 0.6 is 0 Å². The third-order valence-corrected chi connectivity index (χ3v) is 2.99. The first-order valence-corrected chi connectivity index (χ1v) is 6.47. The molecule has 21 heavy (non-hydrogen) atoms. The number of nitrogens with one attached hydrogen (secondary N) is 2. The largest absolute Gasteiger partial charge is 0.346 e. The van der Waals surface area contributed by atoms with Crippen molar-refractivity contribution in [3.05, 3.63) is 66.2 Å². The molecule has 0 fully saturated rings. The minimum absolute atomic E-state index is 0.134. The van der Waals surface area contributed by atoms with Crippen LogP contribution < -0.4 is 5.32 Å². The first-order valence-electron chi connectivity index (χ1n) is 6.47. The van der Waals surface area contributed by atoms with Gasteiger partial charge in [0.1, 0.15) is 6.33 Å². The van der Waals surface area contributed by atoms with Crippen molar-refractivity contribution < 1.29 is 4.79 Å². The lowest BCUT2D eigenvalue weighted by atomic mass is 10.1. The Morgan fingerprint density at radius 3 is 2.62 bits per heavy atom. The predicted octanol–water partition coefficient (Wildman–Crippen LogP) is 1.80. The summed E-state index contributed by atoms with van der Waals surface area (Å²) in [6, 6.07) is 12.8. The van der Waals surface area contributed by atoms with Crippen molar-refractivity contribution in [1.82, 2.24) is 25.5 Å². The highest BCUT2D eigenvalue weighted by Gasteiger charge is 2.07. The van der Waals surface area contributed by atoms with Gasteiger partial charge in [-0.1, -0.05) is 18.2 Å². The Balaban J connectivity index is 1.65. The first-order chi connectivity index (χ1) is 10.3. The molecule has 0 aliphatic heterocycles. The topological polar surface area (TPSA) is 83.6 Å². The maximum absolute atomic E-state index is 12.0. The molecule has 0 radical (unpaired) electrons. The summed E-state index contributed by atoms with van der Waals surface area (Å²) in [7, 11) is 0. The summed E-state index contributed by atoms with van der Waals surface area (Å²) in [6.45, 7) is 0.406. The van der Waals surface area contributed by atoms with Gasteiger partial charge in [0.15, 0.2) is 5.82 Å². The number of pyridine rings is 1. The number of hydrogen-bond acceptors (Lipinski definition) is 4. The fourth-order valence-electron chi connectivity index (χ4n) is 1.90. The van der Waals surface area contributed by atoms with Gasteiger partial charge in [0.05, 0.1) is 12.2 Å². The summed E-state index contributed by atoms with van der Waals surface area (Å²) in [6.07, 6.45) is 3.15. The Labute approximate surface area is 121 Å². The van der Waals surface area contributed by atoms with Crippen molar-refractivity contribution >= 4 is 5.91 Å². The van der Waals surface area contributed by atoms with Crippen LogP contribution in [0.3, 0.4) is 0 Å². The van der Waals surface area contributed by atoms with Gasteiger partial charge >= 0.3 is 0 Å². The molecule has 6 nitrogen and oxygen atoms in total. The number of carbonyl (C=O) groups is 1. The second-order valence-corrected chi connectivity index (χ2v) is 4.42. The Morgan fingerprint density at radius 1 is 1.10 bits per heavy atom. The first kappa shape index (κ1) is 13.0. The zero-order valence-corrected chi connectivity index (χ0v) is 11.2. The number of benzene rings is 1. The van der Waals surface area contributed by atoms with E-state index in [4.69, 9.17) is 0 Å². The van der Waals surface area contributed by atoms with Crippen LogP contribution in [0.5, 0.6) is 0 Å². The maximum atomic E-state index is 12.0. The molecule has 0 spiro atoms. The van der Waals surface area contributed by atoms with Crippen LogP contribution in [0.1, 0.15) is 16.1 Å². The Kier molecular flexibility index (Phi) is 3.68. The minimum Gasteiger partial charge on any atom is -0.346 e. The predicted molar refractivity (Wildman–Crippen MR) is 77.2 cm³/mol. The van der Waals surface area contributed by atoms with E-state index in [2.05, 4.69) is 25.5 Å². The van der Waals surface area contributed by atoms with Crippen molar-refractivity contribution in [1.29, 1.82) is 0 Å². The number of aromatic nitrogens is 4. The van der Waals surface area contributed by atoms with Crippen molar-refractivity contribution in [2.24, 2.45) is 0 Å². The van der Waals surface area contributed by atoms with Gasteiger partial charge in [-0.05, 0) is 24.3 Å². The molecule has 0 bridgehead atoms. The molecule has 104 valence electrons. The van der Waals surface area contributed by atoms with Gasteiger partial charge in [0.25, 0.3) is 5.91 Å². The van der Waals surface area contributed by atoms with Gasteiger partial charge in [-0.3, -0.25) is 14.9 Å². The van der Waals surface area contributed by atoms with Crippen LogP contribution in [0.4, 0.5) is 0 Å². The molecule has 3 aromatic rings. The molecule has 0 aliphatic carbocycles. The standard InChI is InChI=1S/C15H13N5O/c21-15(17-9-13-3-1-2-8-16-13)12-6-4-11(5-7-12)14-18-10-19-20-14/h1-8,10H,9H2,(H,17,21)(H,18,19,20). The second kappa shape index (κ2) is 5.96. The summed E-state index contributed by atoms with van der Waals surface area (Å²) < 4.78 is 0. The van der Waals surface area contributed by atoms with E-state index in [-0.39, 0.29) is 5.91 Å². The SMILES string of the molecule is O=C(NCc1ccccn1)c1ccc(-c2ncn[nH]2)cc1. The quantitative estimate of drug-likeness (QED) is 0.762. The molecule has 0 saturated heterocycles. The van der Waals surface area contributed by atoms with Crippen LogP contribution in [0, 0.1) is 0 Å². The molecule has 0 saturated carbocycles. The van der Waals surface area contributed by atoms with E-state index in [0.717, 1.165) is 11.3 Å². The van der Waals surface area contributed by atoms with Crippen LogP contribution in [-0.4, -0.2) is 26.1 Å². The highest BCUT2D eigenvalue weighted by atomic mass is 16.1. The molecule has 0 aliphatic rings. The van der Waals surface area contributed by atoms with Crippen molar-refractivity contribution in [2.75, 3.05) is 0 Å². The molecule has 0 unspecified atom stereocenters. The number of hydrogen-bond donors (Lipinski definition) is 2. The number of rotatable bonds is 4. The highest BCUT2D eigenvalue weighted by Crippen LogP contribution is 2.14. The molecular formula is C15H13N5O. The zero-order chi connectivity index (χ0) is 14.5. The Hall–Kier alpha value is -3.02. The molecule has 1 amide bonds. The molecule has 2 heterocycles. The second-order valence-electron chi connectivity index (χ2n) is 4.42. The van der Waals surface area contributed by atoms with Crippen LogP contribution in [0.15, 0.2) is 55.0 Å². The average molecular weight is 279 g/mol. The van der Waals surface area contributed by atoms with Gasteiger partial charge in [-0.2, -0.15) is 5.10 Å². The molecule has 2 aromatic heterocycles. The summed E-state index contributed by atoms with van der Waals surface area (Å²) in [5, 5.41) is 9.41. The Morgan fingerprint density at radius 2 is 1.95 bits per heavy atom. The van der Waals surface area contributed by atoms with Gasteiger partial charge in [0, 0.05) is 17.3 Å². The van der Waals surface area contributed by atoms with Gasteiger partial charge in [-0.15, -0.1) is 0 Å². The van der Waals surface area contributed by atoms with Crippen LogP contribution in [-0.2, 0) is 6.54 Å². The van der Waals surface area contributed by atoms with E-state index in [1.54, 1.807) is 18.3 Å². The molecular weight excluding hydrogens is 266 g/mol. The van der Waals surface area contributed by atoms with Gasteiger partial charge in [0.2, 0.25) is 0 Å². The molecule has 1 aromatic carbocycles. The highest BCUT2D eigenvalue weighted by molar-refractivity contribution is 5.94. The van der Waals surface area contributed by atoms with Crippen LogP contribution in [0.2, 0.25) is 0 Å². The molecule has 6 heteroatoms. The van der Waals surface area contributed by atoms with Gasteiger partial charge in [-0.25, -0.2) is 4.98 Å². The lowest BCUT2D eigenvalue weighted by Crippen LogP contribution is -2.23. The van der Waals surface area contributed by atoms with E-state index in [0.29, 0.717) is 17.9 Å². The molecule has 2 N–H and O–H groups in total. The van der Waals surface area contributed by atoms with Crippen molar-refractivity contribution in [3.8, 4) is 11.4 Å². The summed E-state index contributed by atoms with van der Waals surface area (Å²) >= 11 is 0. The number of nitrogens with zero attached hydrogens (tertiary/aromatic N) is 3. The molecule has 0 atom stereocenters. The maximum Gasteiger partial charge on any atom is 0.251 e. The normalized spacial score (nSPS) is 10.3. The monoisotopic (exact) mass is 279 g/mol. The number of H-pyrrole nitrogens is 1.